The summed E-state index contributed by atoms with van der Waals surface area (Å²) < 4.78 is 2.46. The van der Waals surface area contributed by atoms with Gasteiger partial charge in [0.25, 0.3) is 0 Å². The molecule has 0 N–H and O–H groups in total. The van der Waals surface area contributed by atoms with Crippen molar-refractivity contribution in [2.45, 2.75) is 0 Å². The van der Waals surface area contributed by atoms with E-state index in [4.69, 9.17) is 15.0 Å². The van der Waals surface area contributed by atoms with Crippen LogP contribution in [0.15, 0.2) is 188 Å². The monoisotopic (exact) mass is 717 g/mol. The minimum Gasteiger partial charge on any atom is -0.208 e. The van der Waals surface area contributed by atoms with Gasteiger partial charge in [-0.15, -0.1) is 11.3 Å². The van der Waals surface area contributed by atoms with E-state index < -0.39 is 0 Å². The molecular weight excluding hydrogens is 687 g/mol. The molecule has 0 aliphatic heterocycles. The van der Waals surface area contributed by atoms with E-state index in [1.807, 2.05) is 47.7 Å². The Bertz CT molecular complexity index is 3210. The second-order valence-corrected chi connectivity index (χ2v) is 15.1. The van der Waals surface area contributed by atoms with Crippen molar-refractivity contribution < 1.29 is 0 Å². The number of aromatic nitrogens is 3. The zero-order valence-corrected chi connectivity index (χ0v) is 30.5. The van der Waals surface area contributed by atoms with Gasteiger partial charge >= 0.3 is 0 Å². The maximum Gasteiger partial charge on any atom is 0.164 e. The highest BCUT2D eigenvalue weighted by molar-refractivity contribution is 7.25. The molecule has 0 spiro atoms. The fourth-order valence-electron chi connectivity index (χ4n) is 7.98. The molecule has 0 amide bonds. The van der Waals surface area contributed by atoms with Crippen LogP contribution in [0.25, 0.3) is 109 Å². The molecule has 55 heavy (non-hydrogen) atoms. The maximum absolute atomic E-state index is 5.06. The quantitative estimate of drug-likeness (QED) is 0.166. The molecule has 3 nitrogen and oxygen atoms in total. The van der Waals surface area contributed by atoms with Crippen LogP contribution in [0.2, 0.25) is 0 Å². The molecule has 4 heteroatoms. The fourth-order valence-corrected chi connectivity index (χ4v) is 9.10. The van der Waals surface area contributed by atoms with Crippen LogP contribution in [0.1, 0.15) is 0 Å². The summed E-state index contributed by atoms with van der Waals surface area (Å²) >= 11 is 1.81. The molecule has 9 aromatic carbocycles. The van der Waals surface area contributed by atoms with E-state index in [0.717, 1.165) is 22.3 Å². The molecule has 0 bridgehead atoms. The Balaban J connectivity index is 1.00. The van der Waals surface area contributed by atoms with Crippen molar-refractivity contribution >= 4 is 63.8 Å². The topological polar surface area (TPSA) is 38.7 Å². The van der Waals surface area contributed by atoms with Crippen molar-refractivity contribution in [3.05, 3.63) is 188 Å². The Hall–Kier alpha value is -7.01. The van der Waals surface area contributed by atoms with Gasteiger partial charge in [-0.3, -0.25) is 0 Å². The van der Waals surface area contributed by atoms with E-state index in [9.17, 15) is 0 Å². The van der Waals surface area contributed by atoms with Crippen molar-refractivity contribution in [2.24, 2.45) is 0 Å². The van der Waals surface area contributed by atoms with Crippen LogP contribution >= 0.6 is 11.3 Å². The highest BCUT2D eigenvalue weighted by atomic mass is 32.1. The molecule has 0 saturated carbocycles. The van der Waals surface area contributed by atoms with Crippen LogP contribution in [0.3, 0.4) is 0 Å². The molecule has 0 saturated heterocycles. The predicted molar refractivity (Wildman–Crippen MR) is 232 cm³/mol. The van der Waals surface area contributed by atoms with Gasteiger partial charge < -0.3 is 0 Å². The normalized spacial score (nSPS) is 11.6. The first-order chi connectivity index (χ1) is 27.2. The Morgan fingerprint density at radius 1 is 0.236 bits per heavy atom. The summed E-state index contributed by atoms with van der Waals surface area (Å²) in [6, 6.07) is 67.0. The lowest BCUT2D eigenvalue weighted by atomic mass is 9.92. The molecular formula is C51H31N3S. The van der Waals surface area contributed by atoms with Gasteiger partial charge in [0, 0.05) is 36.9 Å². The van der Waals surface area contributed by atoms with Gasteiger partial charge in [-0.1, -0.05) is 164 Å². The Morgan fingerprint density at radius 3 is 1.27 bits per heavy atom. The Labute approximate surface area is 321 Å². The molecule has 256 valence electrons. The lowest BCUT2D eigenvalue weighted by molar-refractivity contribution is 1.07. The number of nitrogens with zero attached hydrogens (tertiary/aromatic N) is 3. The van der Waals surface area contributed by atoms with Gasteiger partial charge in [0.05, 0.1) is 0 Å². The van der Waals surface area contributed by atoms with E-state index in [2.05, 4.69) is 152 Å². The van der Waals surface area contributed by atoms with Crippen molar-refractivity contribution in [3.63, 3.8) is 0 Å². The van der Waals surface area contributed by atoms with Crippen LogP contribution in [0.5, 0.6) is 0 Å². The second-order valence-electron chi connectivity index (χ2n) is 14.0. The number of hydrogen-bond donors (Lipinski definition) is 0. The first kappa shape index (κ1) is 31.5. The van der Waals surface area contributed by atoms with E-state index in [0.29, 0.717) is 17.5 Å². The minimum atomic E-state index is 0.653. The molecule has 11 aromatic rings. The zero-order chi connectivity index (χ0) is 36.3. The molecule has 0 aliphatic rings. The van der Waals surface area contributed by atoms with E-state index in [-0.39, 0.29) is 0 Å². The lowest BCUT2D eigenvalue weighted by Crippen LogP contribution is -2.00. The largest absolute Gasteiger partial charge is 0.208 e. The van der Waals surface area contributed by atoms with Crippen LogP contribution < -0.4 is 0 Å². The van der Waals surface area contributed by atoms with Gasteiger partial charge in [-0.2, -0.15) is 0 Å². The first-order valence-corrected chi connectivity index (χ1v) is 19.3. The van der Waals surface area contributed by atoms with Gasteiger partial charge in [-0.05, 0) is 78.8 Å². The molecule has 0 atom stereocenters. The van der Waals surface area contributed by atoms with Gasteiger partial charge in [0.1, 0.15) is 0 Å². The standard InChI is InChI=1S/C51H31N3S/c1-3-11-32(12-4-1)33-19-21-35(22-20-33)50-52-49(34-13-5-2-6-14-34)53-51(54-50)38-24-27-44-46-30-37(25-28-47(46)55-48(44)31-38)36-23-26-43-41-17-8-7-15-39(41)40-16-9-10-18-42(40)45(43)29-36/h1-31H. The third kappa shape index (κ3) is 5.46. The average molecular weight is 718 g/mol. The summed E-state index contributed by atoms with van der Waals surface area (Å²) in [5, 5.41) is 10.2. The summed E-state index contributed by atoms with van der Waals surface area (Å²) in [5.41, 5.74) is 7.64. The third-order valence-electron chi connectivity index (χ3n) is 10.7. The molecule has 0 unspecified atom stereocenters. The lowest BCUT2D eigenvalue weighted by Gasteiger charge is -2.12. The third-order valence-corrected chi connectivity index (χ3v) is 11.9. The van der Waals surface area contributed by atoms with Gasteiger partial charge in [0.2, 0.25) is 0 Å². The van der Waals surface area contributed by atoms with E-state index in [1.165, 1.54) is 69.2 Å². The van der Waals surface area contributed by atoms with Crippen molar-refractivity contribution in [2.75, 3.05) is 0 Å². The van der Waals surface area contributed by atoms with Crippen molar-refractivity contribution in [3.8, 4) is 56.4 Å². The smallest absolute Gasteiger partial charge is 0.164 e. The molecule has 2 aromatic heterocycles. The zero-order valence-electron chi connectivity index (χ0n) is 29.6. The summed E-state index contributed by atoms with van der Waals surface area (Å²) in [7, 11) is 0. The van der Waals surface area contributed by atoms with Crippen LogP contribution in [-0.4, -0.2) is 15.0 Å². The number of fused-ring (bicyclic) bond motifs is 9. The number of hydrogen-bond acceptors (Lipinski definition) is 4. The van der Waals surface area contributed by atoms with Crippen LogP contribution in [-0.2, 0) is 0 Å². The molecule has 0 radical (unpaired) electrons. The van der Waals surface area contributed by atoms with E-state index in [1.54, 1.807) is 0 Å². The van der Waals surface area contributed by atoms with E-state index >= 15 is 0 Å². The van der Waals surface area contributed by atoms with Gasteiger partial charge in [0.15, 0.2) is 17.5 Å². The number of thiophene rings is 1. The summed E-state index contributed by atoms with van der Waals surface area (Å²) in [4.78, 5) is 15.1. The Kier molecular flexibility index (Phi) is 7.35. The van der Waals surface area contributed by atoms with Crippen LogP contribution in [0.4, 0.5) is 0 Å². The predicted octanol–water partition coefficient (Wildman–Crippen LogP) is 14.0. The maximum atomic E-state index is 5.06. The highest BCUT2D eigenvalue weighted by Gasteiger charge is 2.16. The molecule has 11 rings (SSSR count). The summed E-state index contributed by atoms with van der Waals surface area (Å²) in [5.74, 6) is 1.97. The molecule has 0 fully saturated rings. The molecule has 0 aliphatic carbocycles. The Morgan fingerprint density at radius 2 is 0.636 bits per heavy atom. The van der Waals surface area contributed by atoms with Crippen molar-refractivity contribution in [1.82, 2.24) is 15.0 Å². The number of rotatable bonds is 5. The first-order valence-electron chi connectivity index (χ1n) is 18.5. The fraction of sp³-hybridized carbons (Fsp3) is 0. The van der Waals surface area contributed by atoms with Crippen LogP contribution in [0, 0.1) is 0 Å². The second kappa shape index (κ2) is 12.8. The summed E-state index contributed by atoms with van der Waals surface area (Å²) in [6.45, 7) is 0. The SMILES string of the molecule is c1ccc(-c2ccc(-c3nc(-c4ccccc4)nc(-c4ccc5c(c4)sc4ccc(-c6ccc7c8ccccc8c8ccccc8c7c6)cc45)n3)cc2)cc1. The highest BCUT2D eigenvalue weighted by Crippen LogP contribution is 2.41. The minimum absolute atomic E-state index is 0.653. The molecule has 2 heterocycles. The number of benzene rings is 9. The van der Waals surface area contributed by atoms with Gasteiger partial charge in [-0.25, -0.2) is 15.0 Å². The van der Waals surface area contributed by atoms with Crippen molar-refractivity contribution in [1.29, 1.82) is 0 Å². The summed E-state index contributed by atoms with van der Waals surface area (Å²) in [6.07, 6.45) is 0. The average Bonchev–Trinajstić information content (AvgIpc) is 3.64.